The first-order chi connectivity index (χ1) is 15.4. The monoisotopic (exact) mass is 475 g/mol. The van der Waals surface area contributed by atoms with Crippen LogP contribution in [0.3, 0.4) is 0 Å². The summed E-state index contributed by atoms with van der Waals surface area (Å²) in [5.41, 5.74) is 2.98. The summed E-state index contributed by atoms with van der Waals surface area (Å²) in [6.45, 7) is 0.979. The number of nitrogens with one attached hydrogen (secondary N) is 2. The van der Waals surface area contributed by atoms with Crippen molar-refractivity contribution in [2.75, 3.05) is 11.9 Å². The first-order valence-corrected chi connectivity index (χ1v) is 11.8. The molecule has 0 spiro atoms. The lowest BCUT2D eigenvalue weighted by Crippen LogP contribution is -2.41. The molecule has 0 bridgehead atoms. The number of benzene rings is 1. The lowest BCUT2D eigenvalue weighted by atomic mass is 9.72. The van der Waals surface area contributed by atoms with Crippen LogP contribution in [0.2, 0.25) is 10.0 Å². The van der Waals surface area contributed by atoms with Crippen molar-refractivity contribution in [3.63, 3.8) is 0 Å². The predicted molar refractivity (Wildman–Crippen MR) is 125 cm³/mol. The molecule has 4 rings (SSSR count). The van der Waals surface area contributed by atoms with Crippen LogP contribution in [-0.4, -0.2) is 28.5 Å². The second-order valence-corrected chi connectivity index (χ2v) is 9.65. The van der Waals surface area contributed by atoms with Crippen molar-refractivity contribution in [2.45, 2.75) is 51.0 Å². The Bertz CT molecular complexity index is 988. The van der Waals surface area contributed by atoms with E-state index in [1.165, 1.54) is 5.56 Å². The number of nitrogens with zero attached hydrogens (tertiary/aromatic N) is 1. The lowest BCUT2D eigenvalue weighted by molar-refractivity contribution is -0.138. The van der Waals surface area contributed by atoms with E-state index in [9.17, 15) is 14.7 Å². The molecule has 3 N–H and O–H groups in total. The normalized spacial score (nSPS) is 20.4. The number of hydrogen-bond donors (Lipinski definition) is 3. The van der Waals surface area contributed by atoms with Crippen LogP contribution in [0.5, 0.6) is 0 Å². The van der Waals surface area contributed by atoms with Crippen LogP contribution in [0, 0.1) is 11.8 Å². The van der Waals surface area contributed by atoms with E-state index in [0.717, 1.165) is 56.6 Å². The van der Waals surface area contributed by atoms with Gasteiger partial charge in [0.1, 0.15) is 5.82 Å². The predicted octanol–water partition coefficient (Wildman–Crippen LogP) is 5.04. The molecular weight excluding hydrogens is 449 g/mol. The van der Waals surface area contributed by atoms with Crippen LogP contribution in [0.1, 0.15) is 55.0 Å². The maximum absolute atomic E-state index is 12.8. The fraction of sp³-hybridized carbons (Fsp3) is 0.458. The highest BCUT2D eigenvalue weighted by molar-refractivity contribution is 6.34. The Kier molecular flexibility index (Phi) is 7.21. The van der Waals surface area contributed by atoms with Crippen LogP contribution in [-0.2, 0) is 22.4 Å². The van der Waals surface area contributed by atoms with Crippen molar-refractivity contribution in [2.24, 2.45) is 11.8 Å². The van der Waals surface area contributed by atoms with Gasteiger partial charge in [-0.15, -0.1) is 0 Å². The number of aliphatic carboxylic acids is 1. The van der Waals surface area contributed by atoms with Gasteiger partial charge in [0.25, 0.3) is 0 Å². The van der Waals surface area contributed by atoms with Gasteiger partial charge < -0.3 is 15.7 Å². The number of halogens is 2. The summed E-state index contributed by atoms with van der Waals surface area (Å²) < 4.78 is 0. The van der Waals surface area contributed by atoms with Crippen molar-refractivity contribution in [3.05, 3.63) is 57.2 Å². The number of fused-ring (bicyclic) bond motifs is 1. The Morgan fingerprint density at radius 3 is 2.66 bits per heavy atom. The summed E-state index contributed by atoms with van der Waals surface area (Å²) in [7, 11) is 0. The van der Waals surface area contributed by atoms with Gasteiger partial charge >= 0.3 is 5.97 Å². The van der Waals surface area contributed by atoms with Gasteiger partial charge in [-0.3, -0.25) is 9.59 Å². The zero-order valence-electron chi connectivity index (χ0n) is 17.7. The summed E-state index contributed by atoms with van der Waals surface area (Å²) in [4.78, 5) is 28.8. The van der Waals surface area contributed by atoms with Crippen molar-refractivity contribution in [1.29, 1.82) is 0 Å². The maximum Gasteiger partial charge on any atom is 0.305 e. The molecule has 1 fully saturated rings. The molecule has 6 nitrogen and oxygen atoms in total. The fourth-order valence-corrected chi connectivity index (χ4v) is 5.08. The fourth-order valence-electron chi connectivity index (χ4n) is 4.54. The minimum absolute atomic E-state index is 0.0934. The van der Waals surface area contributed by atoms with E-state index in [-0.39, 0.29) is 18.2 Å². The molecule has 2 aliphatic rings. The van der Waals surface area contributed by atoms with Crippen LogP contribution in [0.4, 0.5) is 5.82 Å². The number of hydrogen-bond acceptors (Lipinski definition) is 4. The van der Waals surface area contributed by atoms with Gasteiger partial charge in [-0.1, -0.05) is 29.3 Å². The van der Waals surface area contributed by atoms with Gasteiger partial charge in [0.15, 0.2) is 0 Å². The zero-order chi connectivity index (χ0) is 22.7. The van der Waals surface area contributed by atoms with Gasteiger partial charge in [-0.2, -0.15) is 0 Å². The molecule has 2 heterocycles. The maximum atomic E-state index is 12.8. The van der Waals surface area contributed by atoms with E-state index in [1.54, 1.807) is 18.2 Å². The van der Waals surface area contributed by atoms with Crippen LogP contribution >= 0.6 is 23.2 Å². The first kappa shape index (κ1) is 22.9. The molecule has 0 radical (unpaired) electrons. The smallest absolute Gasteiger partial charge is 0.305 e. The van der Waals surface area contributed by atoms with E-state index in [0.29, 0.717) is 21.5 Å². The topological polar surface area (TPSA) is 91.3 Å². The summed E-state index contributed by atoms with van der Waals surface area (Å²) in [5, 5.41) is 16.4. The number of carboxylic acid groups (broad SMARTS) is 1. The average Bonchev–Trinajstić information content (AvgIpc) is 2.71. The third-order valence-electron chi connectivity index (χ3n) is 6.35. The molecule has 1 aromatic heterocycles. The Hall–Kier alpha value is -2.31. The van der Waals surface area contributed by atoms with Gasteiger partial charge in [0, 0.05) is 28.2 Å². The molecule has 1 aliphatic carbocycles. The van der Waals surface area contributed by atoms with E-state index >= 15 is 0 Å². The average molecular weight is 476 g/mol. The Morgan fingerprint density at radius 1 is 1.19 bits per heavy atom. The second-order valence-electron chi connectivity index (χ2n) is 8.78. The Balaban J connectivity index is 1.28. The highest BCUT2D eigenvalue weighted by Gasteiger charge is 2.35. The first-order valence-electron chi connectivity index (χ1n) is 11.1. The largest absolute Gasteiger partial charge is 0.481 e. The quantitative estimate of drug-likeness (QED) is 0.497. The summed E-state index contributed by atoms with van der Waals surface area (Å²) in [6, 6.07) is 8.49. The molecular formula is C24H27Cl2N3O3. The Morgan fingerprint density at radius 2 is 1.94 bits per heavy atom. The minimum Gasteiger partial charge on any atom is -0.481 e. The van der Waals surface area contributed by atoms with Crippen molar-refractivity contribution in [3.8, 4) is 0 Å². The minimum atomic E-state index is -0.995. The van der Waals surface area contributed by atoms with Gasteiger partial charge in [-0.05, 0) is 79.8 Å². The van der Waals surface area contributed by atoms with E-state index in [2.05, 4.69) is 22.8 Å². The number of aromatic nitrogens is 1. The molecule has 8 heteroatoms. The van der Waals surface area contributed by atoms with Crippen LogP contribution in [0.15, 0.2) is 30.3 Å². The second kappa shape index (κ2) is 10.1. The number of pyridine rings is 1. The molecule has 0 unspecified atom stereocenters. The standard InChI is InChI=1S/C24H27Cl2N3O3/c25-18-10-16(11-19(26)12-18)21(13-22(30)31)29-24(32)17-8-14(9-17)3-5-20-6-4-15-2-1-7-27-23(15)28-20/h4,6,10-12,14,17,21H,1-3,5,7-9,13H2,(H,27,28)(H,29,32)(H,30,31)/t14-,17+,21-/m0/s1. The van der Waals surface area contributed by atoms with Gasteiger partial charge in [0.2, 0.25) is 5.91 Å². The van der Waals surface area contributed by atoms with Crippen molar-refractivity contribution >= 4 is 40.9 Å². The number of aryl methyl sites for hydroxylation is 2. The SMILES string of the molecule is O=C(O)C[C@H](NC(=O)[C@H]1C[C@@H](CCc2ccc3c(n2)NCCC3)C1)c1cc(Cl)cc(Cl)c1. The molecule has 1 saturated carbocycles. The highest BCUT2D eigenvalue weighted by atomic mass is 35.5. The number of carbonyl (C=O) groups excluding carboxylic acids is 1. The van der Waals surface area contributed by atoms with Gasteiger partial charge in [0.05, 0.1) is 12.5 Å². The molecule has 1 atom stereocenters. The van der Waals surface area contributed by atoms with E-state index < -0.39 is 12.0 Å². The van der Waals surface area contributed by atoms with Gasteiger partial charge in [-0.25, -0.2) is 4.98 Å². The van der Waals surface area contributed by atoms with Crippen molar-refractivity contribution in [1.82, 2.24) is 10.3 Å². The molecule has 2 aromatic rings. The number of carboxylic acids is 1. The number of anilines is 1. The van der Waals surface area contributed by atoms with E-state index in [4.69, 9.17) is 28.2 Å². The molecule has 0 saturated heterocycles. The third-order valence-corrected chi connectivity index (χ3v) is 6.79. The van der Waals surface area contributed by atoms with Crippen LogP contribution in [0.25, 0.3) is 0 Å². The summed E-state index contributed by atoms with van der Waals surface area (Å²) >= 11 is 12.1. The summed E-state index contributed by atoms with van der Waals surface area (Å²) in [5.74, 6) is 0.300. The molecule has 32 heavy (non-hydrogen) atoms. The Labute approximate surface area is 197 Å². The van der Waals surface area contributed by atoms with Crippen molar-refractivity contribution < 1.29 is 14.7 Å². The number of carbonyl (C=O) groups is 2. The molecule has 170 valence electrons. The van der Waals surface area contributed by atoms with E-state index in [1.807, 2.05) is 0 Å². The molecule has 1 aromatic carbocycles. The molecule has 1 aliphatic heterocycles. The lowest BCUT2D eigenvalue weighted by Gasteiger charge is -2.35. The zero-order valence-corrected chi connectivity index (χ0v) is 19.3. The number of rotatable bonds is 8. The van der Waals surface area contributed by atoms with Crippen LogP contribution < -0.4 is 10.6 Å². The summed E-state index contributed by atoms with van der Waals surface area (Å²) in [6.07, 6.45) is 5.53. The number of amides is 1. The third kappa shape index (κ3) is 5.73. The molecule has 1 amide bonds. The highest BCUT2D eigenvalue weighted by Crippen LogP contribution is 2.38.